The number of carbonyl (C=O) groups excluding carboxylic acids is 1. The number of likely N-dealkylation sites (tertiary alicyclic amines) is 1. The fourth-order valence-corrected chi connectivity index (χ4v) is 2.55. The number of carbonyl (C=O) groups is 2. The van der Waals surface area contributed by atoms with Crippen LogP contribution in [-0.2, 0) is 9.59 Å². The Morgan fingerprint density at radius 1 is 1.50 bits per heavy atom. The van der Waals surface area contributed by atoms with Crippen molar-refractivity contribution < 1.29 is 24.7 Å². The van der Waals surface area contributed by atoms with Gasteiger partial charge >= 0.3 is 13.1 Å². The highest BCUT2D eigenvalue weighted by molar-refractivity contribution is 6.40. The van der Waals surface area contributed by atoms with Crippen molar-refractivity contribution in [2.24, 2.45) is 17.4 Å². The number of nitrogens with two attached hydrogens (primary N) is 2. The van der Waals surface area contributed by atoms with E-state index in [9.17, 15) is 14.7 Å². The molecule has 3 atom stereocenters. The summed E-state index contributed by atoms with van der Waals surface area (Å²) in [6.07, 6.45) is 0.686. The average molecular weight is 287 g/mol. The number of nitrogens with zero attached hydrogens (tertiary/aromatic N) is 1. The number of piperidine rings is 1. The molecule has 0 radical (unpaired) electrons. The molecule has 9 heteroatoms. The summed E-state index contributed by atoms with van der Waals surface area (Å²) in [4.78, 5) is 24.6. The molecule has 0 saturated carbocycles. The molecular formula is C11H22BN3O5. The molecule has 0 bridgehead atoms. The van der Waals surface area contributed by atoms with Crippen molar-refractivity contribution in [2.45, 2.75) is 37.7 Å². The lowest BCUT2D eigenvalue weighted by molar-refractivity contribution is -0.149. The van der Waals surface area contributed by atoms with E-state index in [-0.39, 0.29) is 31.1 Å². The van der Waals surface area contributed by atoms with Gasteiger partial charge in [-0.05, 0) is 25.6 Å². The van der Waals surface area contributed by atoms with Crippen LogP contribution in [-0.4, -0.2) is 63.7 Å². The van der Waals surface area contributed by atoms with Crippen LogP contribution in [0.15, 0.2) is 0 Å². The zero-order valence-corrected chi connectivity index (χ0v) is 11.5. The second kappa shape index (κ2) is 6.53. The Hall–Kier alpha value is -1.16. The van der Waals surface area contributed by atoms with E-state index in [1.807, 2.05) is 0 Å². The highest BCUT2D eigenvalue weighted by atomic mass is 16.4. The van der Waals surface area contributed by atoms with Gasteiger partial charge in [-0.15, -0.1) is 0 Å². The van der Waals surface area contributed by atoms with Gasteiger partial charge < -0.3 is 31.5 Å². The quantitative estimate of drug-likeness (QED) is 0.361. The fourth-order valence-electron chi connectivity index (χ4n) is 2.55. The van der Waals surface area contributed by atoms with Gasteiger partial charge in [0.15, 0.2) is 0 Å². The van der Waals surface area contributed by atoms with Crippen molar-refractivity contribution in [2.75, 3.05) is 13.1 Å². The normalized spacial score (nSPS) is 28.1. The topological polar surface area (TPSA) is 150 Å². The predicted octanol–water partition coefficient (Wildman–Crippen LogP) is -2.17. The molecule has 1 heterocycles. The Morgan fingerprint density at radius 2 is 2.10 bits per heavy atom. The lowest BCUT2D eigenvalue weighted by atomic mass is 9.75. The van der Waals surface area contributed by atoms with Crippen LogP contribution in [0.5, 0.6) is 0 Å². The van der Waals surface area contributed by atoms with Crippen molar-refractivity contribution in [3.8, 4) is 0 Å². The first-order valence-corrected chi connectivity index (χ1v) is 6.58. The van der Waals surface area contributed by atoms with Gasteiger partial charge in [-0.3, -0.25) is 9.59 Å². The number of hydrogen-bond donors (Lipinski definition) is 5. The average Bonchev–Trinajstić information content (AvgIpc) is 2.34. The zero-order chi connectivity index (χ0) is 15.5. The lowest BCUT2D eigenvalue weighted by Gasteiger charge is -2.42. The molecule has 1 amide bonds. The Bertz CT molecular complexity index is 379. The summed E-state index contributed by atoms with van der Waals surface area (Å²) >= 11 is 0. The maximum Gasteiger partial charge on any atom is 0.451 e. The molecule has 1 aliphatic heterocycles. The van der Waals surface area contributed by atoms with Crippen LogP contribution < -0.4 is 11.5 Å². The summed E-state index contributed by atoms with van der Waals surface area (Å²) in [6.45, 7) is 1.78. The summed E-state index contributed by atoms with van der Waals surface area (Å²) in [7, 11) is -1.45. The van der Waals surface area contributed by atoms with Gasteiger partial charge in [-0.25, -0.2) is 0 Å². The van der Waals surface area contributed by atoms with E-state index in [0.717, 1.165) is 0 Å². The van der Waals surface area contributed by atoms with Crippen LogP contribution in [0.25, 0.3) is 0 Å². The maximum atomic E-state index is 11.9. The summed E-state index contributed by atoms with van der Waals surface area (Å²) in [5, 5.41) is 27.0. The van der Waals surface area contributed by atoms with Crippen LogP contribution in [0.2, 0.25) is 6.32 Å². The molecule has 0 aromatic rings. The summed E-state index contributed by atoms with van der Waals surface area (Å²) in [6, 6.07) is -0.727. The number of rotatable bonds is 5. The second-order valence-electron chi connectivity index (χ2n) is 5.60. The van der Waals surface area contributed by atoms with E-state index in [0.29, 0.717) is 13.0 Å². The Labute approximate surface area is 117 Å². The molecule has 114 valence electrons. The first-order valence-electron chi connectivity index (χ1n) is 6.58. The first-order chi connectivity index (χ1) is 9.15. The van der Waals surface area contributed by atoms with Crippen molar-refractivity contribution >= 4 is 19.0 Å². The van der Waals surface area contributed by atoms with Crippen LogP contribution in [0.1, 0.15) is 19.8 Å². The highest BCUT2D eigenvalue weighted by Gasteiger charge is 2.44. The largest absolute Gasteiger partial charge is 0.480 e. The number of carboxylic acids is 1. The smallest absolute Gasteiger partial charge is 0.451 e. The van der Waals surface area contributed by atoms with Gasteiger partial charge in [0.2, 0.25) is 5.91 Å². The second-order valence-corrected chi connectivity index (χ2v) is 5.60. The molecule has 0 aromatic heterocycles. The third-order valence-corrected chi connectivity index (χ3v) is 3.56. The Kier molecular flexibility index (Phi) is 5.52. The molecule has 1 unspecified atom stereocenters. The van der Waals surface area contributed by atoms with Crippen molar-refractivity contribution in [1.82, 2.24) is 4.90 Å². The molecule has 1 fully saturated rings. The predicted molar refractivity (Wildman–Crippen MR) is 72.5 cm³/mol. The summed E-state index contributed by atoms with van der Waals surface area (Å²) < 4.78 is 0. The standard InChI is InChI=1S/C11H22BN3O5/c1-7(13)9(16)15-5-8(2-3-12(19)20)4-11(14,6-15)10(17)18/h7-8,19-20H,2-6,13-14H2,1H3,(H,17,18)/t7?,8-,11+/m0/s1. The van der Waals surface area contributed by atoms with Gasteiger partial charge in [-0.2, -0.15) is 0 Å². The molecule has 20 heavy (non-hydrogen) atoms. The van der Waals surface area contributed by atoms with Crippen LogP contribution in [0, 0.1) is 5.92 Å². The van der Waals surface area contributed by atoms with E-state index >= 15 is 0 Å². The molecule has 0 aliphatic carbocycles. The van der Waals surface area contributed by atoms with Crippen molar-refractivity contribution in [3.63, 3.8) is 0 Å². The van der Waals surface area contributed by atoms with E-state index in [2.05, 4.69) is 0 Å². The van der Waals surface area contributed by atoms with Gasteiger partial charge in [0.05, 0.1) is 6.04 Å². The molecule has 1 saturated heterocycles. The zero-order valence-electron chi connectivity index (χ0n) is 11.5. The van der Waals surface area contributed by atoms with E-state index in [4.69, 9.17) is 21.5 Å². The highest BCUT2D eigenvalue weighted by Crippen LogP contribution is 2.28. The SMILES string of the molecule is CC(N)C(=O)N1C[C@@H](CCB(O)O)C[C@](N)(C(=O)O)C1. The van der Waals surface area contributed by atoms with Gasteiger partial charge in [0.25, 0.3) is 0 Å². The van der Waals surface area contributed by atoms with E-state index < -0.39 is 24.7 Å². The summed E-state index contributed by atoms with van der Waals surface area (Å²) in [5.41, 5.74) is 9.89. The molecule has 1 aliphatic rings. The molecule has 7 N–H and O–H groups in total. The molecule has 8 nitrogen and oxygen atoms in total. The van der Waals surface area contributed by atoms with Gasteiger partial charge in [0.1, 0.15) is 5.54 Å². The van der Waals surface area contributed by atoms with E-state index in [1.54, 1.807) is 0 Å². The number of carboxylic acid groups (broad SMARTS) is 1. The van der Waals surface area contributed by atoms with Crippen LogP contribution in [0.3, 0.4) is 0 Å². The third kappa shape index (κ3) is 4.17. The minimum Gasteiger partial charge on any atom is -0.480 e. The fraction of sp³-hybridized carbons (Fsp3) is 0.818. The number of hydrogen-bond acceptors (Lipinski definition) is 6. The summed E-state index contributed by atoms with van der Waals surface area (Å²) in [5.74, 6) is -1.72. The van der Waals surface area contributed by atoms with Gasteiger partial charge in [0, 0.05) is 13.1 Å². The van der Waals surface area contributed by atoms with Crippen molar-refractivity contribution in [1.29, 1.82) is 0 Å². The van der Waals surface area contributed by atoms with Gasteiger partial charge in [-0.1, -0.05) is 6.42 Å². The number of amides is 1. The molecule has 0 aromatic carbocycles. The van der Waals surface area contributed by atoms with Crippen LogP contribution >= 0.6 is 0 Å². The minimum atomic E-state index is -1.52. The third-order valence-electron chi connectivity index (χ3n) is 3.56. The maximum absolute atomic E-state index is 11.9. The molecule has 1 rings (SSSR count). The van der Waals surface area contributed by atoms with E-state index in [1.165, 1.54) is 11.8 Å². The lowest BCUT2D eigenvalue weighted by Crippen LogP contribution is -2.64. The first kappa shape index (κ1) is 16.9. The number of aliphatic carboxylic acids is 1. The van der Waals surface area contributed by atoms with Crippen molar-refractivity contribution in [3.05, 3.63) is 0 Å². The Balaban J connectivity index is 2.83. The minimum absolute atomic E-state index is 0.0825. The molecule has 0 spiro atoms. The monoisotopic (exact) mass is 287 g/mol. The Morgan fingerprint density at radius 3 is 2.55 bits per heavy atom. The van der Waals surface area contributed by atoms with Crippen LogP contribution in [0.4, 0.5) is 0 Å². The molecular weight excluding hydrogens is 265 g/mol.